The third-order valence-electron chi connectivity index (χ3n) is 3.04. The van der Waals surface area contributed by atoms with Gasteiger partial charge in [-0.05, 0) is 60.7 Å². The number of ether oxygens (including phenoxy) is 4. The molecular formula is C16H35NO4. The summed E-state index contributed by atoms with van der Waals surface area (Å²) in [5.41, 5.74) is 0. The molecule has 5 heteroatoms. The van der Waals surface area contributed by atoms with E-state index in [2.05, 4.69) is 25.9 Å². The topological polar surface area (TPSA) is 40.2 Å². The molecule has 1 heterocycles. The predicted octanol–water partition coefficient (Wildman–Crippen LogP) is 2.89. The Kier molecular flexibility index (Phi) is 12.2. The summed E-state index contributed by atoms with van der Waals surface area (Å²) in [5.74, 6) is -0.974. The minimum absolute atomic E-state index is 0.115. The summed E-state index contributed by atoms with van der Waals surface area (Å²) in [6.07, 6.45) is 3.06. The summed E-state index contributed by atoms with van der Waals surface area (Å²) >= 11 is 0. The van der Waals surface area contributed by atoms with Crippen LogP contribution in [-0.4, -0.2) is 64.0 Å². The van der Waals surface area contributed by atoms with Gasteiger partial charge in [0.2, 0.25) is 0 Å². The van der Waals surface area contributed by atoms with E-state index >= 15 is 0 Å². The second-order valence-electron chi connectivity index (χ2n) is 5.21. The van der Waals surface area contributed by atoms with E-state index in [-0.39, 0.29) is 6.10 Å². The van der Waals surface area contributed by atoms with Crippen molar-refractivity contribution < 1.29 is 18.9 Å². The standard InChI is InChI=1S/C11H22O4.C5H13N/c1-4-12-10-8-7-9-15-11(10,13-5-2)14-6-3;1-4-5-6(2)3/h10H,4-9H2,1-3H3;4-5H2,1-3H3. The molecular weight excluding hydrogens is 270 g/mol. The van der Waals surface area contributed by atoms with E-state index in [1.807, 2.05) is 20.8 Å². The van der Waals surface area contributed by atoms with Crippen molar-refractivity contribution in [2.45, 2.75) is 59.0 Å². The van der Waals surface area contributed by atoms with Crippen LogP contribution in [0.5, 0.6) is 0 Å². The van der Waals surface area contributed by atoms with Gasteiger partial charge in [0, 0.05) is 19.8 Å². The summed E-state index contributed by atoms with van der Waals surface area (Å²) in [4.78, 5) is 2.18. The lowest BCUT2D eigenvalue weighted by Gasteiger charge is -2.41. The number of hydrogen-bond acceptors (Lipinski definition) is 5. The van der Waals surface area contributed by atoms with E-state index in [0.29, 0.717) is 26.4 Å². The summed E-state index contributed by atoms with van der Waals surface area (Å²) in [5, 5.41) is 0. The number of nitrogens with zero attached hydrogens (tertiary/aromatic N) is 1. The fourth-order valence-corrected chi connectivity index (χ4v) is 2.30. The zero-order valence-electron chi connectivity index (χ0n) is 14.8. The van der Waals surface area contributed by atoms with Gasteiger partial charge in [0.15, 0.2) is 0 Å². The molecule has 0 aliphatic carbocycles. The highest BCUT2D eigenvalue weighted by Gasteiger charge is 2.45. The molecule has 0 aromatic carbocycles. The molecule has 0 aromatic rings. The van der Waals surface area contributed by atoms with Gasteiger partial charge in [-0.1, -0.05) is 6.92 Å². The lowest BCUT2D eigenvalue weighted by Crippen LogP contribution is -2.54. The maximum absolute atomic E-state index is 5.64. The van der Waals surface area contributed by atoms with Gasteiger partial charge in [-0.3, -0.25) is 0 Å². The van der Waals surface area contributed by atoms with Gasteiger partial charge in [0.05, 0.1) is 6.61 Å². The average Bonchev–Trinajstić information content (AvgIpc) is 2.43. The van der Waals surface area contributed by atoms with Gasteiger partial charge < -0.3 is 23.8 Å². The first-order valence-electron chi connectivity index (χ1n) is 8.24. The van der Waals surface area contributed by atoms with Crippen molar-refractivity contribution in [3.05, 3.63) is 0 Å². The van der Waals surface area contributed by atoms with Gasteiger partial charge in [0.1, 0.15) is 6.10 Å². The Morgan fingerprint density at radius 2 is 1.67 bits per heavy atom. The molecule has 1 aliphatic rings. The second kappa shape index (κ2) is 12.4. The van der Waals surface area contributed by atoms with Crippen molar-refractivity contribution in [1.29, 1.82) is 0 Å². The van der Waals surface area contributed by atoms with Gasteiger partial charge in [-0.2, -0.15) is 0 Å². The quantitative estimate of drug-likeness (QED) is 0.645. The van der Waals surface area contributed by atoms with Gasteiger partial charge in [-0.25, -0.2) is 0 Å². The van der Waals surface area contributed by atoms with E-state index in [1.54, 1.807) is 0 Å². The van der Waals surface area contributed by atoms with Crippen molar-refractivity contribution in [3.8, 4) is 0 Å². The zero-order chi connectivity index (χ0) is 16.1. The molecule has 0 aromatic heterocycles. The summed E-state index contributed by atoms with van der Waals surface area (Å²) in [7, 11) is 4.17. The van der Waals surface area contributed by atoms with Crippen molar-refractivity contribution in [1.82, 2.24) is 4.90 Å². The largest absolute Gasteiger partial charge is 0.370 e. The maximum atomic E-state index is 5.64. The fourth-order valence-electron chi connectivity index (χ4n) is 2.30. The molecule has 0 radical (unpaired) electrons. The molecule has 1 atom stereocenters. The Morgan fingerprint density at radius 3 is 2.05 bits per heavy atom. The monoisotopic (exact) mass is 305 g/mol. The minimum atomic E-state index is -0.974. The number of rotatable bonds is 8. The van der Waals surface area contributed by atoms with E-state index in [4.69, 9.17) is 18.9 Å². The Bertz CT molecular complexity index is 223. The van der Waals surface area contributed by atoms with Crippen LogP contribution in [0.25, 0.3) is 0 Å². The highest BCUT2D eigenvalue weighted by Crippen LogP contribution is 2.30. The Hall–Kier alpha value is -0.200. The smallest absolute Gasteiger partial charge is 0.310 e. The summed E-state index contributed by atoms with van der Waals surface area (Å²) in [6.45, 7) is 11.7. The molecule has 0 N–H and O–H groups in total. The molecule has 128 valence electrons. The van der Waals surface area contributed by atoms with E-state index < -0.39 is 5.97 Å². The minimum Gasteiger partial charge on any atom is -0.370 e. The molecule has 21 heavy (non-hydrogen) atoms. The molecule has 0 spiro atoms. The highest BCUT2D eigenvalue weighted by atomic mass is 16.9. The molecule has 1 aliphatic heterocycles. The first kappa shape index (κ1) is 20.8. The average molecular weight is 305 g/mol. The van der Waals surface area contributed by atoms with Crippen LogP contribution in [0.1, 0.15) is 47.0 Å². The summed E-state index contributed by atoms with van der Waals surface area (Å²) < 4.78 is 22.5. The molecule has 0 bridgehead atoms. The fraction of sp³-hybridized carbons (Fsp3) is 1.00. The maximum Gasteiger partial charge on any atom is 0.310 e. The SMILES string of the molecule is CCCN(C)C.CCOC1CCCOC1(OCC)OCC. The Morgan fingerprint density at radius 1 is 1.05 bits per heavy atom. The third-order valence-corrected chi connectivity index (χ3v) is 3.04. The van der Waals surface area contributed by atoms with Crippen LogP contribution >= 0.6 is 0 Å². The van der Waals surface area contributed by atoms with Crippen molar-refractivity contribution in [2.75, 3.05) is 47.1 Å². The zero-order valence-corrected chi connectivity index (χ0v) is 14.8. The molecule has 1 saturated heterocycles. The van der Waals surface area contributed by atoms with Crippen LogP contribution < -0.4 is 0 Å². The van der Waals surface area contributed by atoms with Gasteiger partial charge in [-0.15, -0.1) is 0 Å². The van der Waals surface area contributed by atoms with Crippen molar-refractivity contribution >= 4 is 0 Å². The Balaban J connectivity index is 0.000000567. The molecule has 1 unspecified atom stereocenters. The Labute approximate surface area is 130 Å². The number of hydrogen-bond donors (Lipinski definition) is 0. The first-order valence-corrected chi connectivity index (χ1v) is 8.24. The van der Waals surface area contributed by atoms with Crippen LogP contribution in [0.3, 0.4) is 0 Å². The van der Waals surface area contributed by atoms with Crippen LogP contribution in [-0.2, 0) is 18.9 Å². The van der Waals surface area contributed by atoms with Gasteiger partial charge >= 0.3 is 5.97 Å². The van der Waals surface area contributed by atoms with E-state index in [9.17, 15) is 0 Å². The van der Waals surface area contributed by atoms with Crippen molar-refractivity contribution in [2.24, 2.45) is 0 Å². The van der Waals surface area contributed by atoms with Crippen LogP contribution in [0.15, 0.2) is 0 Å². The van der Waals surface area contributed by atoms with Crippen LogP contribution in [0.2, 0.25) is 0 Å². The normalized spacial score (nSPS) is 21.0. The molecule has 1 fully saturated rings. The lowest BCUT2D eigenvalue weighted by atomic mass is 10.1. The van der Waals surface area contributed by atoms with Gasteiger partial charge in [0.25, 0.3) is 0 Å². The van der Waals surface area contributed by atoms with Crippen molar-refractivity contribution in [3.63, 3.8) is 0 Å². The van der Waals surface area contributed by atoms with E-state index in [0.717, 1.165) is 12.8 Å². The van der Waals surface area contributed by atoms with Crippen LogP contribution in [0, 0.1) is 0 Å². The molecule has 0 saturated carbocycles. The highest BCUT2D eigenvalue weighted by molar-refractivity contribution is 4.76. The first-order chi connectivity index (χ1) is 10.1. The van der Waals surface area contributed by atoms with E-state index in [1.165, 1.54) is 13.0 Å². The molecule has 0 amide bonds. The lowest BCUT2D eigenvalue weighted by molar-refractivity contribution is -0.426. The third kappa shape index (κ3) is 8.12. The predicted molar refractivity (Wildman–Crippen MR) is 85.4 cm³/mol. The van der Waals surface area contributed by atoms with Crippen LogP contribution in [0.4, 0.5) is 0 Å². The molecule has 5 nitrogen and oxygen atoms in total. The molecule has 1 rings (SSSR count). The summed E-state index contributed by atoms with van der Waals surface area (Å²) in [6, 6.07) is 0. The second-order valence-corrected chi connectivity index (χ2v) is 5.21.